The van der Waals surface area contributed by atoms with Gasteiger partial charge < -0.3 is 0 Å². The maximum Gasteiger partial charge on any atom is 0.151 e. The van der Waals surface area contributed by atoms with E-state index in [4.69, 9.17) is 0 Å². The van der Waals surface area contributed by atoms with E-state index in [1.165, 1.54) is 0 Å². The van der Waals surface area contributed by atoms with E-state index >= 15 is 0 Å². The van der Waals surface area contributed by atoms with Gasteiger partial charge in [-0.05, 0) is 62.9 Å². The lowest BCUT2D eigenvalue weighted by atomic mass is 10.1. The Morgan fingerprint density at radius 2 is 1.67 bits per heavy atom. The Bertz CT molecular complexity index is 299. The molecule has 1 nitrogen and oxygen atoms in total. The van der Waals surface area contributed by atoms with Gasteiger partial charge in [-0.25, -0.2) is 0 Å². The summed E-state index contributed by atoms with van der Waals surface area (Å²) in [6.07, 6.45) is 2.59. The summed E-state index contributed by atoms with van der Waals surface area (Å²) in [6, 6.07) is 3.91. The van der Waals surface area contributed by atoms with Crippen LogP contribution < -0.4 is 0 Å². The van der Waals surface area contributed by atoms with Crippen molar-refractivity contribution in [2.75, 3.05) is 0 Å². The third-order valence-electron chi connectivity index (χ3n) is 1.50. The summed E-state index contributed by atoms with van der Waals surface area (Å²) in [5.41, 5.74) is 1.66. The highest BCUT2D eigenvalue weighted by molar-refractivity contribution is 14.1. The van der Waals surface area contributed by atoms with Crippen molar-refractivity contribution in [3.8, 4) is 0 Å². The molecule has 3 heteroatoms. The SMILES string of the molecule is C=Cc1c(I)ccc(I)c1C=O. The molecule has 0 radical (unpaired) electrons. The van der Waals surface area contributed by atoms with Crippen molar-refractivity contribution >= 4 is 57.5 Å². The van der Waals surface area contributed by atoms with Gasteiger partial charge in [-0.3, -0.25) is 4.79 Å². The number of carbonyl (C=O) groups is 1. The number of rotatable bonds is 2. The molecule has 1 aromatic rings. The van der Waals surface area contributed by atoms with E-state index in [2.05, 4.69) is 51.8 Å². The zero-order chi connectivity index (χ0) is 9.14. The molecule has 0 fully saturated rings. The molecule has 0 saturated heterocycles. The van der Waals surface area contributed by atoms with Crippen LogP contribution in [0.5, 0.6) is 0 Å². The Balaban J connectivity index is 3.48. The third-order valence-corrected chi connectivity index (χ3v) is 3.38. The first-order valence-electron chi connectivity index (χ1n) is 3.26. The van der Waals surface area contributed by atoms with Gasteiger partial charge >= 0.3 is 0 Å². The highest BCUT2D eigenvalue weighted by Gasteiger charge is 2.05. The van der Waals surface area contributed by atoms with E-state index in [-0.39, 0.29) is 0 Å². The molecule has 0 saturated carbocycles. The van der Waals surface area contributed by atoms with Crippen LogP contribution in [0.1, 0.15) is 15.9 Å². The number of aldehydes is 1. The number of benzene rings is 1. The molecule has 0 aromatic heterocycles. The van der Waals surface area contributed by atoms with E-state index in [1.807, 2.05) is 12.1 Å². The summed E-state index contributed by atoms with van der Waals surface area (Å²) in [5.74, 6) is 0. The van der Waals surface area contributed by atoms with Crippen LogP contribution in [0.2, 0.25) is 0 Å². The molecular formula is C9H6I2O. The second-order valence-electron chi connectivity index (χ2n) is 2.18. The van der Waals surface area contributed by atoms with Crippen molar-refractivity contribution in [2.24, 2.45) is 0 Å². The number of hydrogen-bond acceptors (Lipinski definition) is 1. The van der Waals surface area contributed by atoms with E-state index in [0.29, 0.717) is 0 Å². The van der Waals surface area contributed by atoms with E-state index < -0.39 is 0 Å². The van der Waals surface area contributed by atoms with Crippen LogP contribution in [0, 0.1) is 7.14 Å². The van der Waals surface area contributed by atoms with E-state index in [0.717, 1.165) is 24.6 Å². The van der Waals surface area contributed by atoms with E-state index in [1.54, 1.807) is 6.08 Å². The van der Waals surface area contributed by atoms with Crippen molar-refractivity contribution in [1.29, 1.82) is 0 Å². The fourth-order valence-corrected chi connectivity index (χ4v) is 2.20. The van der Waals surface area contributed by atoms with Crippen molar-refractivity contribution in [1.82, 2.24) is 0 Å². The lowest BCUT2D eigenvalue weighted by molar-refractivity contribution is 0.112. The van der Waals surface area contributed by atoms with Crippen molar-refractivity contribution < 1.29 is 4.79 Å². The largest absolute Gasteiger partial charge is 0.298 e. The van der Waals surface area contributed by atoms with Crippen LogP contribution in [0.4, 0.5) is 0 Å². The molecule has 0 atom stereocenters. The summed E-state index contributed by atoms with van der Waals surface area (Å²) in [7, 11) is 0. The molecule has 0 amide bonds. The fourth-order valence-electron chi connectivity index (χ4n) is 0.910. The summed E-state index contributed by atoms with van der Waals surface area (Å²) >= 11 is 4.34. The van der Waals surface area contributed by atoms with Crippen molar-refractivity contribution in [3.05, 3.63) is 37.0 Å². The van der Waals surface area contributed by atoms with Crippen molar-refractivity contribution in [3.63, 3.8) is 0 Å². The Labute approximate surface area is 98.5 Å². The molecule has 1 aromatic carbocycles. The smallest absolute Gasteiger partial charge is 0.151 e. The minimum absolute atomic E-state index is 0.734. The van der Waals surface area contributed by atoms with E-state index in [9.17, 15) is 4.79 Å². The summed E-state index contributed by atoms with van der Waals surface area (Å²) in [5, 5.41) is 0. The zero-order valence-electron chi connectivity index (χ0n) is 6.18. The molecule has 62 valence electrons. The predicted octanol–water partition coefficient (Wildman–Crippen LogP) is 3.35. The summed E-state index contributed by atoms with van der Waals surface area (Å²) in [4.78, 5) is 10.7. The van der Waals surface area contributed by atoms with Crippen LogP contribution in [0.25, 0.3) is 6.08 Å². The molecule has 1 rings (SSSR count). The molecule has 12 heavy (non-hydrogen) atoms. The monoisotopic (exact) mass is 384 g/mol. The quantitative estimate of drug-likeness (QED) is 0.565. The fraction of sp³-hybridized carbons (Fsp3) is 0. The summed E-state index contributed by atoms with van der Waals surface area (Å²) < 4.78 is 2.03. The minimum Gasteiger partial charge on any atom is -0.298 e. The number of halogens is 2. The first-order chi connectivity index (χ1) is 5.70. The highest BCUT2D eigenvalue weighted by Crippen LogP contribution is 2.21. The van der Waals surface area contributed by atoms with Gasteiger partial charge in [0.25, 0.3) is 0 Å². The predicted molar refractivity (Wildman–Crippen MR) is 67.4 cm³/mol. The first kappa shape index (κ1) is 10.2. The third kappa shape index (κ3) is 1.87. The Morgan fingerprint density at radius 1 is 1.17 bits per heavy atom. The van der Waals surface area contributed by atoms with Crippen LogP contribution in [0.3, 0.4) is 0 Å². The lowest BCUT2D eigenvalue weighted by Gasteiger charge is -2.03. The Hall–Kier alpha value is 0.0900. The molecule has 0 spiro atoms. The van der Waals surface area contributed by atoms with Gasteiger partial charge in [-0.2, -0.15) is 0 Å². The standard InChI is InChI=1S/C9H6I2O/c1-2-6-7(5-12)9(11)4-3-8(6)10/h2-5H,1H2. The van der Waals surface area contributed by atoms with Gasteiger partial charge in [0.15, 0.2) is 6.29 Å². The zero-order valence-corrected chi connectivity index (χ0v) is 10.5. The number of hydrogen-bond donors (Lipinski definition) is 0. The molecule has 0 aliphatic rings. The maximum atomic E-state index is 10.7. The second-order valence-corrected chi connectivity index (χ2v) is 4.50. The first-order valence-corrected chi connectivity index (χ1v) is 5.42. The second kappa shape index (κ2) is 4.36. The molecular weight excluding hydrogens is 378 g/mol. The van der Waals surface area contributed by atoms with Crippen LogP contribution >= 0.6 is 45.2 Å². The van der Waals surface area contributed by atoms with Crippen molar-refractivity contribution in [2.45, 2.75) is 0 Å². The molecule has 0 heterocycles. The summed E-state index contributed by atoms with van der Waals surface area (Å²) in [6.45, 7) is 3.67. The Morgan fingerprint density at radius 3 is 2.00 bits per heavy atom. The van der Waals surface area contributed by atoms with Crippen LogP contribution in [0.15, 0.2) is 18.7 Å². The lowest BCUT2D eigenvalue weighted by Crippen LogP contribution is -1.93. The highest BCUT2D eigenvalue weighted by atomic mass is 127. The van der Waals surface area contributed by atoms with Crippen LogP contribution in [-0.4, -0.2) is 6.29 Å². The topological polar surface area (TPSA) is 17.1 Å². The Kier molecular flexibility index (Phi) is 3.70. The maximum absolute atomic E-state index is 10.7. The average molecular weight is 384 g/mol. The minimum atomic E-state index is 0.734. The van der Waals surface area contributed by atoms with Gasteiger partial charge in [0.2, 0.25) is 0 Å². The molecule has 0 bridgehead atoms. The van der Waals surface area contributed by atoms with Gasteiger partial charge in [0, 0.05) is 12.7 Å². The van der Waals surface area contributed by atoms with Gasteiger partial charge in [-0.15, -0.1) is 0 Å². The molecule has 0 N–H and O–H groups in total. The normalized spacial score (nSPS) is 9.50. The molecule has 0 unspecified atom stereocenters. The van der Waals surface area contributed by atoms with Gasteiger partial charge in [0.05, 0.1) is 0 Å². The molecule has 0 aliphatic heterocycles. The average Bonchev–Trinajstić information content (AvgIpc) is 2.08. The van der Waals surface area contributed by atoms with Crippen LogP contribution in [-0.2, 0) is 0 Å². The van der Waals surface area contributed by atoms with Gasteiger partial charge in [-0.1, -0.05) is 12.7 Å². The van der Waals surface area contributed by atoms with Gasteiger partial charge in [0.1, 0.15) is 0 Å². The number of carbonyl (C=O) groups excluding carboxylic acids is 1. The molecule has 0 aliphatic carbocycles.